The third kappa shape index (κ3) is 2.29. The van der Waals surface area contributed by atoms with E-state index in [1.807, 2.05) is 17.2 Å². The van der Waals surface area contributed by atoms with Gasteiger partial charge >= 0.3 is 0 Å². The molecule has 3 heterocycles. The van der Waals surface area contributed by atoms with E-state index in [0.29, 0.717) is 17.9 Å². The fourth-order valence-corrected chi connectivity index (χ4v) is 4.21. The van der Waals surface area contributed by atoms with Crippen molar-refractivity contribution < 1.29 is 4.79 Å². The van der Waals surface area contributed by atoms with E-state index >= 15 is 0 Å². The minimum absolute atomic E-state index is 0.0640. The molecular formula is C17H21N5O. The summed E-state index contributed by atoms with van der Waals surface area (Å²) in [5.41, 5.74) is 0.878. The minimum Gasteiger partial charge on any atom is -0.356 e. The zero-order chi connectivity index (χ0) is 16.0. The third-order valence-corrected chi connectivity index (χ3v) is 5.43. The van der Waals surface area contributed by atoms with E-state index in [4.69, 9.17) is 0 Å². The number of amides is 1. The van der Waals surface area contributed by atoms with Gasteiger partial charge in [0.2, 0.25) is 5.91 Å². The highest BCUT2D eigenvalue weighted by Crippen LogP contribution is 2.41. The van der Waals surface area contributed by atoms with Gasteiger partial charge in [0, 0.05) is 32.4 Å². The summed E-state index contributed by atoms with van der Waals surface area (Å²) in [6, 6.07) is 2.50. The first kappa shape index (κ1) is 14.2. The van der Waals surface area contributed by atoms with Gasteiger partial charge in [0.1, 0.15) is 17.8 Å². The molecule has 0 spiro atoms. The van der Waals surface area contributed by atoms with Crippen LogP contribution in [0.25, 0.3) is 11.0 Å². The highest BCUT2D eigenvalue weighted by molar-refractivity contribution is 5.88. The van der Waals surface area contributed by atoms with Crippen molar-refractivity contribution in [1.29, 1.82) is 0 Å². The topological polar surface area (TPSA) is 65.1 Å². The number of hydrogen-bond acceptors (Lipinski definition) is 4. The second kappa shape index (κ2) is 5.37. The Bertz CT molecular complexity index is 740. The predicted molar refractivity (Wildman–Crippen MR) is 89.1 cm³/mol. The van der Waals surface area contributed by atoms with Crippen LogP contribution < -0.4 is 4.90 Å². The Morgan fingerprint density at radius 1 is 1.39 bits per heavy atom. The summed E-state index contributed by atoms with van der Waals surface area (Å²) < 4.78 is 0. The molecule has 2 fully saturated rings. The number of carbonyl (C=O) groups is 1. The Balaban J connectivity index is 1.50. The first-order chi connectivity index (χ1) is 11.2. The summed E-state index contributed by atoms with van der Waals surface area (Å²) in [4.78, 5) is 27.9. The minimum atomic E-state index is 0.0640. The number of H-pyrrole nitrogens is 1. The molecule has 1 saturated heterocycles. The molecule has 6 heteroatoms. The van der Waals surface area contributed by atoms with Gasteiger partial charge in [0.25, 0.3) is 0 Å². The first-order valence-electron chi connectivity index (χ1n) is 8.09. The molecule has 3 atom stereocenters. The largest absolute Gasteiger partial charge is 0.356 e. The molecule has 0 aromatic carbocycles. The number of hydrogen-bond donors (Lipinski definition) is 1. The normalized spacial score (nSPS) is 26.5. The maximum absolute atomic E-state index is 11.8. The number of aromatic nitrogens is 3. The maximum Gasteiger partial charge on any atom is 0.245 e. The van der Waals surface area contributed by atoms with Gasteiger partial charge < -0.3 is 14.8 Å². The van der Waals surface area contributed by atoms with Crippen LogP contribution in [-0.2, 0) is 4.79 Å². The smallest absolute Gasteiger partial charge is 0.245 e. The Hall–Kier alpha value is -2.37. The highest BCUT2D eigenvalue weighted by Gasteiger charge is 2.43. The summed E-state index contributed by atoms with van der Waals surface area (Å²) >= 11 is 0. The molecule has 0 radical (unpaired) electrons. The number of nitrogens with one attached hydrogen (secondary N) is 1. The lowest BCUT2D eigenvalue weighted by Crippen LogP contribution is -2.34. The SMILES string of the molecule is C=CC(=O)N1CC2CC(N(C)c3ncnc4[nH]ccc34)C[C@H]2C1. The second-order valence-corrected chi connectivity index (χ2v) is 6.64. The fraction of sp³-hybridized carbons (Fsp3) is 0.471. The number of fused-ring (bicyclic) bond motifs is 2. The molecule has 23 heavy (non-hydrogen) atoms. The quantitative estimate of drug-likeness (QED) is 0.878. The van der Waals surface area contributed by atoms with Gasteiger partial charge in [-0.3, -0.25) is 4.79 Å². The van der Waals surface area contributed by atoms with Gasteiger partial charge in [-0.1, -0.05) is 6.58 Å². The molecule has 1 aliphatic carbocycles. The van der Waals surface area contributed by atoms with Gasteiger partial charge in [0.15, 0.2) is 0 Å². The van der Waals surface area contributed by atoms with Crippen molar-refractivity contribution in [1.82, 2.24) is 19.9 Å². The number of anilines is 1. The molecule has 1 aliphatic heterocycles. The molecular weight excluding hydrogens is 290 g/mol. The monoisotopic (exact) mass is 311 g/mol. The number of rotatable bonds is 3. The van der Waals surface area contributed by atoms with Crippen LogP contribution in [0, 0.1) is 11.8 Å². The van der Waals surface area contributed by atoms with Crippen molar-refractivity contribution in [3.8, 4) is 0 Å². The van der Waals surface area contributed by atoms with E-state index in [9.17, 15) is 4.79 Å². The summed E-state index contributed by atoms with van der Waals surface area (Å²) in [5.74, 6) is 2.24. The average molecular weight is 311 g/mol. The Morgan fingerprint density at radius 3 is 2.83 bits per heavy atom. The molecule has 120 valence electrons. The molecule has 2 aliphatic rings. The maximum atomic E-state index is 11.8. The third-order valence-electron chi connectivity index (χ3n) is 5.43. The van der Waals surface area contributed by atoms with Gasteiger partial charge in [-0.25, -0.2) is 9.97 Å². The van der Waals surface area contributed by atoms with E-state index in [-0.39, 0.29) is 5.91 Å². The highest BCUT2D eigenvalue weighted by atomic mass is 16.2. The van der Waals surface area contributed by atoms with Crippen molar-refractivity contribution >= 4 is 22.8 Å². The van der Waals surface area contributed by atoms with Gasteiger partial charge in [-0.2, -0.15) is 0 Å². The molecule has 6 nitrogen and oxygen atoms in total. The van der Waals surface area contributed by atoms with Crippen molar-refractivity contribution in [2.75, 3.05) is 25.0 Å². The van der Waals surface area contributed by atoms with Crippen molar-refractivity contribution in [3.05, 3.63) is 31.2 Å². The number of carbonyl (C=O) groups excluding carboxylic acids is 1. The van der Waals surface area contributed by atoms with E-state index in [2.05, 4.69) is 33.5 Å². The molecule has 2 aromatic rings. The summed E-state index contributed by atoms with van der Waals surface area (Å²) in [6.07, 6.45) is 7.16. The summed E-state index contributed by atoms with van der Waals surface area (Å²) in [5, 5.41) is 1.07. The number of likely N-dealkylation sites (tertiary alicyclic amines) is 1. The van der Waals surface area contributed by atoms with Crippen LogP contribution in [0.5, 0.6) is 0 Å². The van der Waals surface area contributed by atoms with E-state index in [0.717, 1.165) is 42.8 Å². The Labute approximate surface area is 135 Å². The lowest BCUT2D eigenvalue weighted by Gasteiger charge is -2.27. The van der Waals surface area contributed by atoms with Crippen LogP contribution in [0.3, 0.4) is 0 Å². The van der Waals surface area contributed by atoms with Crippen LogP contribution in [0.4, 0.5) is 5.82 Å². The molecule has 1 amide bonds. The van der Waals surface area contributed by atoms with Gasteiger partial charge in [-0.05, 0) is 36.8 Å². The van der Waals surface area contributed by atoms with Crippen molar-refractivity contribution in [3.63, 3.8) is 0 Å². The lowest BCUT2D eigenvalue weighted by atomic mass is 10.0. The zero-order valence-electron chi connectivity index (χ0n) is 13.3. The van der Waals surface area contributed by atoms with Crippen LogP contribution in [-0.4, -0.2) is 51.9 Å². The van der Waals surface area contributed by atoms with Crippen LogP contribution in [0.1, 0.15) is 12.8 Å². The standard InChI is InChI=1S/C17H21N5O/c1-3-15(23)22-8-11-6-13(7-12(11)9-22)21(2)17-14-4-5-18-16(14)19-10-20-17/h3-5,10-13H,1,6-9H2,2H3,(H,18,19,20)/t11-,12?,13?/m0/s1. The van der Waals surface area contributed by atoms with Gasteiger partial charge in [0.05, 0.1) is 5.39 Å². The fourth-order valence-electron chi connectivity index (χ4n) is 4.21. The molecule has 4 rings (SSSR count). The number of nitrogens with zero attached hydrogens (tertiary/aromatic N) is 4. The second-order valence-electron chi connectivity index (χ2n) is 6.64. The Morgan fingerprint density at radius 2 is 2.13 bits per heavy atom. The summed E-state index contributed by atoms with van der Waals surface area (Å²) in [6.45, 7) is 5.32. The molecule has 2 aromatic heterocycles. The van der Waals surface area contributed by atoms with E-state index in [1.54, 1.807) is 6.33 Å². The number of aromatic amines is 1. The predicted octanol–water partition coefficient (Wildman–Crippen LogP) is 1.82. The van der Waals surface area contributed by atoms with Crippen LogP contribution >= 0.6 is 0 Å². The van der Waals surface area contributed by atoms with Crippen LogP contribution in [0.15, 0.2) is 31.2 Å². The van der Waals surface area contributed by atoms with Crippen molar-refractivity contribution in [2.45, 2.75) is 18.9 Å². The van der Waals surface area contributed by atoms with Crippen molar-refractivity contribution in [2.24, 2.45) is 11.8 Å². The molecule has 0 bridgehead atoms. The molecule has 1 saturated carbocycles. The van der Waals surface area contributed by atoms with Crippen LogP contribution in [0.2, 0.25) is 0 Å². The first-order valence-corrected chi connectivity index (χ1v) is 8.09. The molecule has 1 N–H and O–H groups in total. The van der Waals surface area contributed by atoms with E-state index in [1.165, 1.54) is 6.08 Å². The average Bonchev–Trinajstić information content (AvgIpc) is 3.26. The zero-order valence-corrected chi connectivity index (χ0v) is 13.3. The summed E-state index contributed by atoms with van der Waals surface area (Å²) in [7, 11) is 2.12. The Kier molecular flexibility index (Phi) is 3.32. The van der Waals surface area contributed by atoms with E-state index < -0.39 is 0 Å². The molecule has 2 unspecified atom stereocenters. The lowest BCUT2D eigenvalue weighted by molar-refractivity contribution is -0.125. The van der Waals surface area contributed by atoms with Gasteiger partial charge in [-0.15, -0.1) is 0 Å².